The van der Waals surface area contributed by atoms with Gasteiger partial charge in [-0.1, -0.05) is 36.8 Å². The van der Waals surface area contributed by atoms with E-state index < -0.39 is 0 Å². The van der Waals surface area contributed by atoms with Gasteiger partial charge >= 0.3 is 0 Å². The van der Waals surface area contributed by atoms with Crippen molar-refractivity contribution >= 4 is 5.96 Å². The molecule has 0 aliphatic rings. The van der Waals surface area contributed by atoms with E-state index in [0.717, 1.165) is 31.3 Å². The molecular weight excluding hydrogens is 298 g/mol. The van der Waals surface area contributed by atoms with E-state index in [9.17, 15) is 0 Å². The Hall–Kier alpha value is -2.30. The molecule has 0 spiro atoms. The van der Waals surface area contributed by atoms with Gasteiger partial charge in [0.1, 0.15) is 0 Å². The Morgan fingerprint density at radius 2 is 2.00 bits per heavy atom. The zero-order valence-electron chi connectivity index (χ0n) is 15.4. The average Bonchev–Trinajstić information content (AvgIpc) is 2.85. The molecular formula is C19H29N5. The van der Waals surface area contributed by atoms with Crippen LogP contribution in [0.15, 0.2) is 35.3 Å². The SMILES string of the molecule is CN=C(NCc1cccc(C)c1)NCC(C)Cn1nc(C)cc1C. The molecule has 130 valence electrons. The van der Waals surface area contributed by atoms with E-state index in [1.165, 1.54) is 16.8 Å². The lowest BCUT2D eigenvalue weighted by Gasteiger charge is -2.17. The van der Waals surface area contributed by atoms with Gasteiger partial charge in [-0.05, 0) is 38.3 Å². The summed E-state index contributed by atoms with van der Waals surface area (Å²) in [5.74, 6) is 1.29. The smallest absolute Gasteiger partial charge is 0.191 e. The summed E-state index contributed by atoms with van der Waals surface area (Å²) in [5, 5.41) is 11.3. The number of aromatic nitrogens is 2. The second kappa shape index (κ2) is 8.52. The highest BCUT2D eigenvalue weighted by atomic mass is 15.3. The van der Waals surface area contributed by atoms with Gasteiger partial charge < -0.3 is 10.6 Å². The molecule has 0 aliphatic carbocycles. The van der Waals surface area contributed by atoms with Crippen molar-refractivity contribution in [3.8, 4) is 0 Å². The Morgan fingerprint density at radius 1 is 1.21 bits per heavy atom. The normalized spacial score (nSPS) is 13.0. The van der Waals surface area contributed by atoms with Gasteiger partial charge in [-0.25, -0.2) is 0 Å². The van der Waals surface area contributed by atoms with Gasteiger partial charge in [-0.3, -0.25) is 9.67 Å². The molecule has 2 aromatic rings. The Balaban J connectivity index is 1.79. The molecule has 0 bridgehead atoms. The number of aryl methyl sites for hydroxylation is 3. The van der Waals surface area contributed by atoms with E-state index in [-0.39, 0.29) is 0 Å². The van der Waals surface area contributed by atoms with E-state index >= 15 is 0 Å². The molecule has 5 nitrogen and oxygen atoms in total. The fourth-order valence-electron chi connectivity index (χ4n) is 2.72. The van der Waals surface area contributed by atoms with Crippen LogP contribution in [0.25, 0.3) is 0 Å². The molecule has 0 radical (unpaired) electrons. The third-order valence-corrected chi connectivity index (χ3v) is 3.97. The molecule has 1 aromatic heterocycles. The molecule has 1 aromatic carbocycles. The zero-order valence-corrected chi connectivity index (χ0v) is 15.4. The number of hydrogen-bond donors (Lipinski definition) is 2. The van der Waals surface area contributed by atoms with Crippen molar-refractivity contribution in [2.45, 2.75) is 40.8 Å². The van der Waals surface area contributed by atoms with E-state index in [4.69, 9.17) is 0 Å². The number of guanidine groups is 1. The summed E-state index contributed by atoms with van der Waals surface area (Å²) in [5.41, 5.74) is 4.81. The molecule has 0 saturated heterocycles. The number of nitrogens with zero attached hydrogens (tertiary/aromatic N) is 3. The van der Waals surface area contributed by atoms with Gasteiger partial charge in [0.15, 0.2) is 5.96 Å². The van der Waals surface area contributed by atoms with Crippen molar-refractivity contribution < 1.29 is 0 Å². The average molecular weight is 327 g/mol. The highest BCUT2D eigenvalue weighted by molar-refractivity contribution is 5.79. The van der Waals surface area contributed by atoms with Crippen LogP contribution in [0, 0.1) is 26.7 Å². The van der Waals surface area contributed by atoms with Crippen LogP contribution in [0.1, 0.15) is 29.4 Å². The summed E-state index contributed by atoms with van der Waals surface area (Å²) in [6.07, 6.45) is 0. The fraction of sp³-hybridized carbons (Fsp3) is 0.474. The maximum atomic E-state index is 4.52. The van der Waals surface area contributed by atoms with Gasteiger partial charge in [0.25, 0.3) is 0 Å². The van der Waals surface area contributed by atoms with Gasteiger partial charge in [0.05, 0.1) is 5.69 Å². The zero-order chi connectivity index (χ0) is 17.5. The summed E-state index contributed by atoms with van der Waals surface area (Å²) >= 11 is 0. The lowest BCUT2D eigenvalue weighted by Crippen LogP contribution is -2.39. The first kappa shape index (κ1) is 18.0. The first-order chi connectivity index (χ1) is 11.5. The third kappa shape index (κ3) is 5.41. The van der Waals surface area contributed by atoms with Gasteiger partial charge in [0.2, 0.25) is 0 Å². The topological polar surface area (TPSA) is 54.2 Å². The molecule has 0 fully saturated rings. The van der Waals surface area contributed by atoms with Crippen molar-refractivity contribution in [1.82, 2.24) is 20.4 Å². The number of aliphatic imine (C=N–C) groups is 1. The van der Waals surface area contributed by atoms with Crippen LogP contribution in [0.4, 0.5) is 0 Å². The second-order valence-electron chi connectivity index (χ2n) is 6.51. The van der Waals surface area contributed by atoms with E-state index in [0.29, 0.717) is 5.92 Å². The van der Waals surface area contributed by atoms with Crippen molar-refractivity contribution in [3.05, 3.63) is 52.8 Å². The summed E-state index contributed by atoms with van der Waals surface area (Å²) in [6.45, 7) is 11.0. The van der Waals surface area contributed by atoms with Crippen LogP contribution in [0.5, 0.6) is 0 Å². The minimum Gasteiger partial charge on any atom is -0.356 e. The standard InChI is InChI=1S/C19H29N5/c1-14-7-6-8-18(9-14)12-22-19(20-5)21-11-15(2)13-24-17(4)10-16(3)23-24/h6-10,15H,11-13H2,1-5H3,(H2,20,21,22). The van der Waals surface area contributed by atoms with Crippen LogP contribution in [0.3, 0.4) is 0 Å². The van der Waals surface area contributed by atoms with Crippen molar-refractivity contribution in [2.24, 2.45) is 10.9 Å². The Morgan fingerprint density at radius 3 is 2.62 bits per heavy atom. The molecule has 0 amide bonds. The van der Waals surface area contributed by atoms with Gasteiger partial charge in [-0.15, -0.1) is 0 Å². The monoisotopic (exact) mass is 327 g/mol. The second-order valence-corrected chi connectivity index (χ2v) is 6.51. The van der Waals surface area contributed by atoms with Crippen LogP contribution < -0.4 is 10.6 Å². The first-order valence-corrected chi connectivity index (χ1v) is 8.49. The fourth-order valence-corrected chi connectivity index (χ4v) is 2.72. The number of nitrogens with one attached hydrogen (secondary N) is 2. The third-order valence-electron chi connectivity index (χ3n) is 3.97. The summed E-state index contributed by atoms with van der Waals surface area (Å²) in [7, 11) is 1.80. The molecule has 1 atom stereocenters. The number of benzene rings is 1. The maximum Gasteiger partial charge on any atom is 0.191 e. The summed E-state index contributed by atoms with van der Waals surface area (Å²) in [4.78, 5) is 4.30. The van der Waals surface area contributed by atoms with Crippen LogP contribution in [-0.2, 0) is 13.1 Å². The number of rotatable bonds is 6. The van der Waals surface area contributed by atoms with E-state index in [1.54, 1.807) is 7.05 Å². The molecule has 2 N–H and O–H groups in total. The van der Waals surface area contributed by atoms with Crippen molar-refractivity contribution in [1.29, 1.82) is 0 Å². The largest absolute Gasteiger partial charge is 0.356 e. The van der Waals surface area contributed by atoms with Crippen molar-refractivity contribution in [2.75, 3.05) is 13.6 Å². The predicted molar refractivity (Wildman–Crippen MR) is 100 cm³/mol. The highest BCUT2D eigenvalue weighted by Gasteiger charge is 2.08. The van der Waals surface area contributed by atoms with Crippen molar-refractivity contribution in [3.63, 3.8) is 0 Å². The molecule has 5 heteroatoms. The number of hydrogen-bond acceptors (Lipinski definition) is 2. The summed E-state index contributed by atoms with van der Waals surface area (Å²) < 4.78 is 2.07. The molecule has 1 heterocycles. The Bertz CT molecular complexity index is 687. The van der Waals surface area contributed by atoms with Crippen LogP contribution in [0.2, 0.25) is 0 Å². The Labute approximate surface area is 145 Å². The Kier molecular flexibility index (Phi) is 6.41. The first-order valence-electron chi connectivity index (χ1n) is 8.49. The molecule has 24 heavy (non-hydrogen) atoms. The lowest BCUT2D eigenvalue weighted by molar-refractivity contribution is 0.436. The van der Waals surface area contributed by atoms with E-state index in [2.05, 4.69) is 76.5 Å². The van der Waals surface area contributed by atoms with E-state index in [1.807, 2.05) is 6.92 Å². The minimum absolute atomic E-state index is 0.459. The minimum atomic E-state index is 0.459. The lowest BCUT2D eigenvalue weighted by atomic mass is 10.1. The van der Waals surface area contributed by atoms with Crippen LogP contribution >= 0.6 is 0 Å². The van der Waals surface area contributed by atoms with Gasteiger partial charge in [-0.2, -0.15) is 5.10 Å². The summed E-state index contributed by atoms with van der Waals surface area (Å²) in [6, 6.07) is 10.6. The van der Waals surface area contributed by atoms with Crippen LogP contribution in [-0.4, -0.2) is 29.3 Å². The quantitative estimate of drug-likeness (QED) is 0.634. The predicted octanol–water partition coefficient (Wildman–Crippen LogP) is 2.81. The molecule has 0 aliphatic heterocycles. The molecule has 2 rings (SSSR count). The molecule has 1 unspecified atom stereocenters. The highest BCUT2D eigenvalue weighted by Crippen LogP contribution is 2.06. The van der Waals surface area contributed by atoms with Gasteiger partial charge in [0, 0.05) is 32.4 Å². The molecule has 0 saturated carbocycles. The maximum absolute atomic E-state index is 4.52.